The second kappa shape index (κ2) is 8.44. The number of imidazole rings is 1. The molecule has 0 bridgehead atoms. The Balaban J connectivity index is 1.48. The van der Waals surface area contributed by atoms with Crippen LogP contribution in [0.25, 0.3) is 22.4 Å². The summed E-state index contributed by atoms with van der Waals surface area (Å²) in [7, 11) is 4.14. The maximum atomic E-state index is 5.71. The summed E-state index contributed by atoms with van der Waals surface area (Å²) < 4.78 is 8.05. The van der Waals surface area contributed by atoms with Crippen LogP contribution in [0.3, 0.4) is 0 Å². The predicted octanol–water partition coefficient (Wildman–Crippen LogP) is 4.49. The van der Waals surface area contributed by atoms with Gasteiger partial charge in [-0.05, 0) is 41.5 Å². The predicted molar refractivity (Wildman–Crippen MR) is 127 cm³/mol. The zero-order chi connectivity index (χ0) is 21.2. The fourth-order valence-electron chi connectivity index (χ4n) is 4.28. The van der Waals surface area contributed by atoms with Crippen LogP contribution in [-0.2, 0) is 19.5 Å². The first-order chi connectivity index (χ1) is 15.2. The number of nitrogens with one attached hydrogen (secondary N) is 1. The van der Waals surface area contributed by atoms with Gasteiger partial charge in [0.25, 0.3) is 0 Å². The van der Waals surface area contributed by atoms with Gasteiger partial charge in [0.05, 0.1) is 17.8 Å². The largest absolute Gasteiger partial charge is 0.493 e. The lowest BCUT2D eigenvalue weighted by atomic mass is 10.1. The van der Waals surface area contributed by atoms with Crippen molar-refractivity contribution in [2.24, 2.45) is 0 Å². The van der Waals surface area contributed by atoms with Gasteiger partial charge >= 0.3 is 0 Å². The average molecular weight is 413 g/mol. The number of ether oxygens (including phenoxy) is 1. The molecule has 5 nitrogen and oxygen atoms in total. The molecule has 3 aromatic carbocycles. The van der Waals surface area contributed by atoms with Crippen LogP contribution in [0.15, 0.2) is 66.7 Å². The minimum atomic E-state index is 0.767. The van der Waals surface area contributed by atoms with Crippen molar-refractivity contribution in [1.82, 2.24) is 14.9 Å². The standard InChI is InChI=1S/C26H28N4O/c1-29(2)22-9-6-10-23-25(22)28-26(21-11-12-24-20(17-21)13-16-31-24)30(23)15-14-27-18-19-7-4-3-5-8-19/h3-12,17,27H,13-16,18H2,1-2H3. The van der Waals surface area contributed by atoms with E-state index in [1.165, 1.54) is 16.6 Å². The number of nitrogens with zero attached hydrogens (tertiary/aromatic N) is 3. The number of hydrogen-bond donors (Lipinski definition) is 1. The monoisotopic (exact) mass is 412 g/mol. The van der Waals surface area contributed by atoms with Gasteiger partial charge in [-0.15, -0.1) is 0 Å². The lowest BCUT2D eigenvalue weighted by Crippen LogP contribution is -2.20. The van der Waals surface area contributed by atoms with Gasteiger partial charge in [0.2, 0.25) is 0 Å². The number of anilines is 1. The van der Waals surface area contributed by atoms with Crippen molar-refractivity contribution in [2.45, 2.75) is 19.5 Å². The Labute approximate surface area is 183 Å². The highest BCUT2D eigenvalue weighted by Gasteiger charge is 2.18. The molecule has 0 aliphatic carbocycles. The molecule has 1 aliphatic rings. The van der Waals surface area contributed by atoms with Crippen molar-refractivity contribution in [3.8, 4) is 17.1 Å². The maximum Gasteiger partial charge on any atom is 0.141 e. The molecular weight excluding hydrogens is 384 g/mol. The van der Waals surface area contributed by atoms with Gasteiger partial charge in [0.1, 0.15) is 17.1 Å². The number of benzene rings is 3. The molecule has 5 rings (SSSR count). The van der Waals surface area contributed by atoms with E-state index in [9.17, 15) is 0 Å². The van der Waals surface area contributed by atoms with E-state index in [-0.39, 0.29) is 0 Å². The molecule has 4 aromatic rings. The Morgan fingerprint density at radius 2 is 1.90 bits per heavy atom. The van der Waals surface area contributed by atoms with Crippen LogP contribution in [0.4, 0.5) is 5.69 Å². The minimum absolute atomic E-state index is 0.767. The quantitative estimate of drug-likeness (QED) is 0.454. The van der Waals surface area contributed by atoms with E-state index < -0.39 is 0 Å². The number of aromatic nitrogens is 2. The average Bonchev–Trinajstić information content (AvgIpc) is 3.41. The molecule has 1 aromatic heterocycles. The van der Waals surface area contributed by atoms with Gasteiger partial charge in [-0.1, -0.05) is 36.4 Å². The van der Waals surface area contributed by atoms with Gasteiger partial charge in [0.15, 0.2) is 0 Å². The highest BCUT2D eigenvalue weighted by molar-refractivity contribution is 5.91. The normalized spacial score (nSPS) is 12.7. The summed E-state index contributed by atoms with van der Waals surface area (Å²) >= 11 is 0. The molecule has 158 valence electrons. The Morgan fingerprint density at radius 1 is 1.03 bits per heavy atom. The summed E-state index contributed by atoms with van der Waals surface area (Å²) in [5.74, 6) is 2.02. The molecule has 2 heterocycles. The second-order valence-corrected chi connectivity index (χ2v) is 8.21. The van der Waals surface area contributed by atoms with E-state index >= 15 is 0 Å². The van der Waals surface area contributed by atoms with Crippen LogP contribution in [0.5, 0.6) is 5.75 Å². The molecule has 0 amide bonds. The number of hydrogen-bond acceptors (Lipinski definition) is 4. The van der Waals surface area contributed by atoms with Crippen molar-refractivity contribution in [3.63, 3.8) is 0 Å². The molecule has 0 saturated heterocycles. The fraction of sp³-hybridized carbons (Fsp3) is 0.269. The van der Waals surface area contributed by atoms with Crippen molar-refractivity contribution < 1.29 is 4.74 Å². The molecule has 1 N–H and O–H groups in total. The molecule has 0 saturated carbocycles. The Morgan fingerprint density at radius 3 is 2.74 bits per heavy atom. The molecule has 0 atom stereocenters. The van der Waals surface area contributed by atoms with Crippen LogP contribution < -0.4 is 15.0 Å². The molecule has 5 heteroatoms. The van der Waals surface area contributed by atoms with E-state index in [2.05, 4.69) is 95.6 Å². The van der Waals surface area contributed by atoms with E-state index in [4.69, 9.17) is 9.72 Å². The Hall–Kier alpha value is -3.31. The van der Waals surface area contributed by atoms with Crippen LogP contribution in [0.2, 0.25) is 0 Å². The van der Waals surface area contributed by atoms with Gasteiger partial charge in [-0.3, -0.25) is 0 Å². The van der Waals surface area contributed by atoms with Crippen LogP contribution in [0.1, 0.15) is 11.1 Å². The van der Waals surface area contributed by atoms with Gasteiger partial charge in [-0.25, -0.2) is 4.98 Å². The summed E-state index contributed by atoms with van der Waals surface area (Å²) in [6, 6.07) is 23.4. The SMILES string of the molecule is CN(C)c1cccc2c1nc(-c1ccc3c(c1)CCO3)n2CCNCc1ccccc1. The summed E-state index contributed by atoms with van der Waals surface area (Å²) in [4.78, 5) is 7.25. The third-order valence-electron chi connectivity index (χ3n) is 5.87. The summed E-state index contributed by atoms with van der Waals surface area (Å²) in [6.45, 7) is 3.35. The lowest BCUT2D eigenvalue weighted by Gasteiger charge is -2.13. The first-order valence-corrected chi connectivity index (χ1v) is 10.9. The van der Waals surface area contributed by atoms with Crippen molar-refractivity contribution >= 4 is 16.7 Å². The van der Waals surface area contributed by atoms with Crippen molar-refractivity contribution in [1.29, 1.82) is 0 Å². The lowest BCUT2D eigenvalue weighted by molar-refractivity contribution is 0.357. The third kappa shape index (κ3) is 3.89. The van der Waals surface area contributed by atoms with E-state index in [0.29, 0.717) is 0 Å². The van der Waals surface area contributed by atoms with Gasteiger partial charge in [-0.2, -0.15) is 0 Å². The maximum absolute atomic E-state index is 5.71. The molecule has 0 unspecified atom stereocenters. The molecular formula is C26H28N4O. The minimum Gasteiger partial charge on any atom is -0.493 e. The molecule has 0 radical (unpaired) electrons. The molecule has 0 fully saturated rings. The zero-order valence-electron chi connectivity index (χ0n) is 18.1. The van der Waals surface area contributed by atoms with E-state index in [0.717, 1.165) is 61.0 Å². The second-order valence-electron chi connectivity index (χ2n) is 8.21. The fourth-order valence-corrected chi connectivity index (χ4v) is 4.28. The summed E-state index contributed by atoms with van der Waals surface area (Å²) in [5, 5.41) is 3.58. The number of para-hydroxylation sites is 1. The Bertz CT molecular complexity index is 1200. The number of rotatable bonds is 7. The van der Waals surface area contributed by atoms with Gasteiger partial charge in [0, 0.05) is 45.7 Å². The highest BCUT2D eigenvalue weighted by Crippen LogP contribution is 2.34. The Kier molecular flexibility index (Phi) is 5.35. The topological polar surface area (TPSA) is 42.3 Å². The smallest absolute Gasteiger partial charge is 0.141 e. The highest BCUT2D eigenvalue weighted by atomic mass is 16.5. The van der Waals surface area contributed by atoms with Crippen LogP contribution in [-0.4, -0.2) is 36.8 Å². The van der Waals surface area contributed by atoms with Crippen LogP contribution >= 0.6 is 0 Å². The van der Waals surface area contributed by atoms with Gasteiger partial charge < -0.3 is 19.5 Å². The van der Waals surface area contributed by atoms with E-state index in [1.54, 1.807) is 0 Å². The van der Waals surface area contributed by atoms with Crippen LogP contribution in [0, 0.1) is 0 Å². The summed E-state index contributed by atoms with van der Waals surface area (Å²) in [5.41, 5.74) is 7.06. The van der Waals surface area contributed by atoms with Crippen molar-refractivity contribution in [3.05, 3.63) is 77.9 Å². The molecule has 31 heavy (non-hydrogen) atoms. The zero-order valence-corrected chi connectivity index (χ0v) is 18.1. The molecule has 0 spiro atoms. The van der Waals surface area contributed by atoms with Crippen molar-refractivity contribution in [2.75, 3.05) is 32.1 Å². The summed E-state index contributed by atoms with van der Waals surface area (Å²) in [6.07, 6.45) is 0.963. The molecule has 1 aliphatic heterocycles. The number of fused-ring (bicyclic) bond motifs is 2. The first kappa shape index (κ1) is 19.6. The first-order valence-electron chi connectivity index (χ1n) is 10.9. The van der Waals surface area contributed by atoms with E-state index in [1.807, 2.05) is 0 Å². The third-order valence-corrected chi connectivity index (χ3v) is 5.87.